The Kier molecular flexibility index (Phi) is 6.89. The third-order valence-corrected chi connectivity index (χ3v) is 11.5. The summed E-state index contributed by atoms with van der Waals surface area (Å²) in [6.45, 7) is 0. The van der Waals surface area contributed by atoms with Gasteiger partial charge in [0, 0.05) is 43.6 Å². The minimum absolute atomic E-state index is 0.879. The molecule has 12 rings (SSSR count). The van der Waals surface area contributed by atoms with Crippen LogP contribution in [0.25, 0.3) is 111 Å². The average molecular weight is 728 g/mol. The quantitative estimate of drug-likeness (QED) is 0.177. The molecule has 4 aromatic heterocycles. The van der Waals surface area contributed by atoms with E-state index >= 15 is 0 Å². The van der Waals surface area contributed by atoms with Crippen LogP contribution in [0.1, 0.15) is 0 Å². The van der Waals surface area contributed by atoms with Gasteiger partial charge in [-0.3, -0.25) is 4.57 Å². The summed E-state index contributed by atoms with van der Waals surface area (Å²) < 4.78 is 11.1. The largest absolute Gasteiger partial charge is 0.456 e. The first kappa shape index (κ1) is 31.6. The average Bonchev–Trinajstić information content (AvgIpc) is 3.94. The fraction of sp³-hybridized carbons (Fsp3) is 0. The first-order chi connectivity index (χ1) is 28.2. The standard InChI is InChI=1S/C53H33N3O/c1-3-13-34(14-4-1)38-31-46(35-15-5-2-6-16-35)54-53(32-38)56-49-22-12-9-19-42(49)43-29-36(23-26-50(43)56)37-24-27-51-44(30-37)45-33-39(25-28-52(45)57-51)55-47-20-10-7-17-40(47)41-18-8-11-21-48(41)55/h1-33H. The molecule has 8 aromatic carbocycles. The molecule has 0 amide bonds. The van der Waals surface area contributed by atoms with E-state index in [0.717, 1.165) is 78.0 Å². The fourth-order valence-electron chi connectivity index (χ4n) is 8.87. The number of furan rings is 1. The summed E-state index contributed by atoms with van der Waals surface area (Å²) in [5.41, 5.74) is 14.1. The zero-order chi connectivity index (χ0) is 37.5. The Balaban J connectivity index is 1.02. The fourth-order valence-corrected chi connectivity index (χ4v) is 8.87. The smallest absolute Gasteiger partial charge is 0.138 e. The van der Waals surface area contributed by atoms with Gasteiger partial charge in [0.2, 0.25) is 0 Å². The Morgan fingerprint density at radius 2 is 0.825 bits per heavy atom. The molecule has 12 aromatic rings. The molecule has 57 heavy (non-hydrogen) atoms. The Morgan fingerprint density at radius 1 is 0.316 bits per heavy atom. The summed E-state index contributed by atoms with van der Waals surface area (Å²) in [5, 5.41) is 7.07. The first-order valence-electron chi connectivity index (χ1n) is 19.4. The van der Waals surface area contributed by atoms with Gasteiger partial charge in [-0.15, -0.1) is 0 Å². The first-order valence-corrected chi connectivity index (χ1v) is 19.4. The highest BCUT2D eigenvalue weighted by atomic mass is 16.3. The summed E-state index contributed by atoms with van der Waals surface area (Å²) in [5.74, 6) is 0.888. The van der Waals surface area contributed by atoms with Crippen LogP contribution in [0.15, 0.2) is 205 Å². The maximum atomic E-state index is 6.43. The number of aromatic nitrogens is 3. The summed E-state index contributed by atoms with van der Waals surface area (Å²) in [4.78, 5) is 5.32. The van der Waals surface area contributed by atoms with E-state index in [4.69, 9.17) is 9.40 Å². The van der Waals surface area contributed by atoms with E-state index < -0.39 is 0 Å². The van der Waals surface area contributed by atoms with Gasteiger partial charge in [-0.25, -0.2) is 4.98 Å². The van der Waals surface area contributed by atoms with Crippen molar-refractivity contribution in [2.45, 2.75) is 0 Å². The molecule has 0 saturated heterocycles. The van der Waals surface area contributed by atoms with Crippen molar-refractivity contribution >= 4 is 65.6 Å². The predicted molar refractivity (Wildman–Crippen MR) is 237 cm³/mol. The van der Waals surface area contributed by atoms with Gasteiger partial charge < -0.3 is 8.98 Å². The van der Waals surface area contributed by atoms with Gasteiger partial charge in [0.05, 0.1) is 27.8 Å². The van der Waals surface area contributed by atoms with Gasteiger partial charge in [0.25, 0.3) is 0 Å². The highest BCUT2D eigenvalue weighted by Gasteiger charge is 2.18. The lowest BCUT2D eigenvalue weighted by Crippen LogP contribution is -2.00. The van der Waals surface area contributed by atoms with Crippen LogP contribution >= 0.6 is 0 Å². The third kappa shape index (κ3) is 4.98. The molecule has 0 spiro atoms. The van der Waals surface area contributed by atoms with E-state index in [1.54, 1.807) is 0 Å². The van der Waals surface area contributed by atoms with E-state index in [1.807, 2.05) is 6.07 Å². The van der Waals surface area contributed by atoms with Crippen LogP contribution in [0.4, 0.5) is 0 Å². The molecule has 0 saturated carbocycles. The number of hydrogen-bond acceptors (Lipinski definition) is 2. The molecule has 0 unspecified atom stereocenters. The molecule has 0 bridgehead atoms. The van der Waals surface area contributed by atoms with Crippen molar-refractivity contribution in [1.82, 2.24) is 14.1 Å². The van der Waals surface area contributed by atoms with Crippen molar-refractivity contribution in [2.75, 3.05) is 0 Å². The van der Waals surface area contributed by atoms with Gasteiger partial charge >= 0.3 is 0 Å². The minimum Gasteiger partial charge on any atom is -0.456 e. The number of para-hydroxylation sites is 3. The van der Waals surface area contributed by atoms with Crippen molar-refractivity contribution in [3.05, 3.63) is 200 Å². The highest BCUT2D eigenvalue weighted by molar-refractivity contribution is 6.12. The van der Waals surface area contributed by atoms with Crippen molar-refractivity contribution in [1.29, 1.82) is 0 Å². The van der Waals surface area contributed by atoms with Crippen LogP contribution in [0.3, 0.4) is 0 Å². The predicted octanol–water partition coefficient (Wildman–Crippen LogP) is 14.2. The van der Waals surface area contributed by atoms with Crippen LogP contribution < -0.4 is 0 Å². The van der Waals surface area contributed by atoms with Crippen LogP contribution in [0.5, 0.6) is 0 Å². The second kappa shape index (κ2) is 12.4. The molecular weight excluding hydrogens is 695 g/mol. The number of fused-ring (bicyclic) bond motifs is 9. The molecular formula is C53H33N3O. The highest BCUT2D eigenvalue weighted by Crippen LogP contribution is 2.40. The summed E-state index contributed by atoms with van der Waals surface area (Å²) in [7, 11) is 0. The second-order valence-electron chi connectivity index (χ2n) is 14.8. The van der Waals surface area contributed by atoms with E-state index in [-0.39, 0.29) is 0 Å². The zero-order valence-electron chi connectivity index (χ0n) is 30.8. The normalized spacial score (nSPS) is 11.9. The maximum absolute atomic E-state index is 6.43. The van der Waals surface area contributed by atoms with E-state index in [1.165, 1.54) is 32.6 Å². The number of nitrogens with zero attached hydrogens (tertiary/aromatic N) is 3. The van der Waals surface area contributed by atoms with E-state index in [9.17, 15) is 0 Å². The minimum atomic E-state index is 0.879. The Labute approximate surface area is 328 Å². The van der Waals surface area contributed by atoms with Crippen LogP contribution in [0, 0.1) is 0 Å². The van der Waals surface area contributed by atoms with Gasteiger partial charge in [-0.1, -0.05) is 127 Å². The zero-order valence-corrected chi connectivity index (χ0v) is 30.8. The van der Waals surface area contributed by atoms with Crippen molar-refractivity contribution in [2.24, 2.45) is 0 Å². The maximum Gasteiger partial charge on any atom is 0.138 e. The molecule has 4 nitrogen and oxygen atoms in total. The summed E-state index contributed by atoms with van der Waals surface area (Å²) in [6, 6.07) is 71.3. The van der Waals surface area contributed by atoms with E-state index in [2.05, 4.69) is 203 Å². The van der Waals surface area contributed by atoms with Crippen LogP contribution in [-0.2, 0) is 0 Å². The molecule has 0 fully saturated rings. The Bertz CT molecular complexity index is 3410. The summed E-state index contributed by atoms with van der Waals surface area (Å²) in [6.07, 6.45) is 0. The van der Waals surface area contributed by atoms with Crippen molar-refractivity contribution in [3.63, 3.8) is 0 Å². The lowest BCUT2D eigenvalue weighted by atomic mass is 10.0. The number of hydrogen-bond donors (Lipinski definition) is 0. The van der Waals surface area contributed by atoms with Gasteiger partial charge in [-0.2, -0.15) is 0 Å². The monoisotopic (exact) mass is 727 g/mol. The summed E-state index contributed by atoms with van der Waals surface area (Å²) >= 11 is 0. The molecule has 266 valence electrons. The number of pyridine rings is 1. The second-order valence-corrected chi connectivity index (χ2v) is 14.8. The van der Waals surface area contributed by atoms with Gasteiger partial charge in [0.1, 0.15) is 17.0 Å². The SMILES string of the molecule is c1ccc(-c2cc(-c3ccccc3)nc(-n3c4ccccc4c4cc(-c5ccc6oc7ccc(-n8c9ccccc9c9ccccc98)cc7c6c5)ccc43)c2)cc1. The molecule has 0 radical (unpaired) electrons. The molecule has 0 aliphatic heterocycles. The lowest BCUT2D eigenvalue weighted by Gasteiger charge is -2.13. The van der Waals surface area contributed by atoms with Crippen LogP contribution in [-0.4, -0.2) is 14.1 Å². The van der Waals surface area contributed by atoms with Crippen LogP contribution in [0.2, 0.25) is 0 Å². The molecule has 0 N–H and O–H groups in total. The molecule has 4 heteroatoms. The van der Waals surface area contributed by atoms with Gasteiger partial charge in [0.15, 0.2) is 0 Å². The van der Waals surface area contributed by atoms with Gasteiger partial charge in [-0.05, 0) is 95.1 Å². The number of benzene rings is 8. The Morgan fingerprint density at radius 3 is 1.51 bits per heavy atom. The molecule has 0 atom stereocenters. The molecule has 0 aliphatic carbocycles. The Hall–Kier alpha value is -7.69. The topological polar surface area (TPSA) is 35.9 Å². The van der Waals surface area contributed by atoms with Crippen molar-refractivity contribution in [3.8, 4) is 45.0 Å². The number of rotatable bonds is 5. The molecule has 4 heterocycles. The van der Waals surface area contributed by atoms with E-state index in [0.29, 0.717) is 0 Å². The lowest BCUT2D eigenvalue weighted by molar-refractivity contribution is 0.669. The van der Waals surface area contributed by atoms with Crippen molar-refractivity contribution < 1.29 is 4.42 Å². The third-order valence-electron chi connectivity index (χ3n) is 11.5. The molecule has 0 aliphatic rings.